The number of ketones is 1. The summed E-state index contributed by atoms with van der Waals surface area (Å²) in [5, 5.41) is 0. The zero-order valence-corrected chi connectivity index (χ0v) is 12.8. The third-order valence-corrected chi connectivity index (χ3v) is 3.88. The van der Waals surface area contributed by atoms with Gasteiger partial charge in [0.25, 0.3) is 0 Å². The Labute approximate surface area is 121 Å². The summed E-state index contributed by atoms with van der Waals surface area (Å²) in [7, 11) is 0. The highest BCUT2D eigenvalue weighted by atomic mass is 16.5. The second kappa shape index (κ2) is 6.89. The van der Waals surface area contributed by atoms with Crippen molar-refractivity contribution in [2.24, 2.45) is 11.8 Å². The summed E-state index contributed by atoms with van der Waals surface area (Å²) >= 11 is 0. The number of carbonyl (C=O) groups is 1. The fraction of sp³-hybridized carbons (Fsp3) is 0.588. The van der Waals surface area contributed by atoms with Crippen molar-refractivity contribution in [2.45, 2.75) is 27.2 Å². The molecule has 1 aliphatic rings. The summed E-state index contributed by atoms with van der Waals surface area (Å²) in [6, 6.07) is 7.39. The molecule has 1 aromatic rings. The molecule has 0 aromatic heterocycles. The van der Waals surface area contributed by atoms with E-state index in [4.69, 9.17) is 4.74 Å². The second-order valence-electron chi connectivity index (χ2n) is 6.13. The van der Waals surface area contributed by atoms with E-state index in [0.29, 0.717) is 6.61 Å². The van der Waals surface area contributed by atoms with E-state index in [1.54, 1.807) is 6.92 Å². The van der Waals surface area contributed by atoms with Gasteiger partial charge in [0.1, 0.15) is 12.4 Å². The van der Waals surface area contributed by atoms with Crippen LogP contribution in [0.1, 0.15) is 37.6 Å². The van der Waals surface area contributed by atoms with Gasteiger partial charge in [0.2, 0.25) is 0 Å². The van der Waals surface area contributed by atoms with Crippen molar-refractivity contribution in [3.05, 3.63) is 29.8 Å². The lowest BCUT2D eigenvalue weighted by Gasteiger charge is -2.34. The molecule has 110 valence electrons. The van der Waals surface area contributed by atoms with Crippen LogP contribution in [0.5, 0.6) is 5.75 Å². The zero-order valence-electron chi connectivity index (χ0n) is 12.8. The fourth-order valence-electron chi connectivity index (χ4n) is 3.05. The predicted molar refractivity (Wildman–Crippen MR) is 81.3 cm³/mol. The summed E-state index contributed by atoms with van der Waals surface area (Å²) in [6.07, 6.45) is 1.34. The topological polar surface area (TPSA) is 29.5 Å². The first kappa shape index (κ1) is 15.0. The first-order chi connectivity index (χ1) is 9.54. The molecular weight excluding hydrogens is 250 g/mol. The molecule has 20 heavy (non-hydrogen) atoms. The highest BCUT2D eigenvalue weighted by Crippen LogP contribution is 2.20. The number of piperidine rings is 1. The standard InChI is InChI=1S/C17H25NO2/c1-13-10-14(2)12-18(11-13)8-9-20-17-6-4-16(5-7-17)15(3)19/h4-7,13-14H,8-12H2,1-3H3/t13-,14+. The van der Waals surface area contributed by atoms with E-state index in [-0.39, 0.29) is 5.78 Å². The van der Waals surface area contributed by atoms with E-state index in [1.165, 1.54) is 19.5 Å². The van der Waals surface area contributed by atoms with Gasteiger partial charge in [0, 0.05) is 25.2 Å². The second-order valence-corrected chi connectivity index (χ2v) is 6.13. The Hall–Kier alpha value is -1.35. The van der Waals surface area contributed by atoms with E-state index in [2.05, 4.69) is 18.7 Å². The minimum absolute atomic E-state index is 0.0906. The molecule has 1 aliphatic heterocycles. The Kier molecular flexibility index (Phi) is 5.18. The molecule has 2 atom stereocenters. The van der Waals surface area contributed by atoms with Gasteiger partial charge in [-0.2, -0.15) is 0 Å². The van der Waals surface area contributed by atoms with Gasteiger partial charge in [-0.25, -0.2) is 0 Å². The minimum atomic E-state index is 0.0906. The smallest absolute Gasteiger partial charge is 0.159 e. The number of hydrogen-bond donors (Lipinski definition) is 0. The third-order valence-electron chi connectivity index (χ3n) is 3.88. The molecule has 1 heterocycles. The van der Waals surface area contributed by atoms with Crippen molar-refractivity contribution in [1.29, 1.82) is 0 Å². The minimum Gasteiger partial charge on any atom is -0.492 e. The van der Waals surface area contributed by atoms with Gasteiger partial charge in [-0.15, -0.1) is 0 Å². The van der Waals surface area contributed by atoms with Crippen LogP contribution < -0.4 is 4.74 Å². The average molecular weight is 275 g/mol. The van der Waals surface area contributed by atoms with Crippen LogP contribution in [0, 0.1) is 11.8 Å². The maximum Gasteiger partial charge on any atom is 0.159 e. The summed E-state index contributed by atoms with van der Waals surface area (Å²) in [6.45, 7) is 10.3. The molecular formula is C17H25NO2. The highest BCUT2D eigenvalue weighted by molar-refractivity contribution is 5.94. The maximum absolute atomic E-state index is 11.2. The maximum atomic E-state index is 11.2. The van der Waals surface area contributed by atoms with E-state index in [9.17, 15) is 4.79 Å². The lowest BCUT2D eigenvalue weighted by molar-refractivity contribution is 0.101. The Balaban J connectivity index is 1.76. The fourth-order valence-corrected chi connectivity index (χ4v) is 3.05. The van der Waals surface area contributed by atoms with Crippen molar-refractivity contribution in [3.63, 3.8) is 0 Å². The van der Waals surface area contributed by atoms with Crippen molar-refractivity contribution in [2.75, 3.05) is 26.2 Å². The van der Waals surface area contributed by atoms with Gasteiger partial charge in [0.15, 0.2) is 5.78 Å². The first-order valence-electron chi connectivity index (χ1n) is 7.50. The van der Waals surface area contributed by atoms with Crippen LogP contribution in [0.25, 0.3) is 0 Å². The van der Waals surface area contributed by atoms with Crippen molar-refractivity contribution >= 4 is 5.78 Å². The van der Waals surface area contributed by atoms with E-state index in [1.807, 2.05) is 24.3 Å². The van der Waals surface area contributed by atoms with Gasteiger partial charge < -0.3 is 4.74 Å². The summed E-state index contributed by atoms with van der Waals surface area (Å²) in [5.41, 5.74) is 0.732. The Morgan fingerprint density at radius 1 is 1.20 bits per heavy atom. The van der Waals surface area contributed by atoms with Gasteiger partial charge in [-0.1, -0.05) is 13.8 Å². The van der Waals surface area contributed by atoms with Crippen molar-refractivity contribution in [3.8, 4) is 5.75 Å². The Morgan fingerprint density at radius 3 is 2.35 bits per heavy atom. The molecule has 0 radical (unpaired) electrons. The first-order valence-corrected chi connectivity index (χ1v) is 7.50. The van der Waals surface area contributed by atoms with Crippen molar-refractivity contribution < 1.29 is 9.53 Å². The van der Waals surface area contributed by atoms with E-state index in [0.717, 1.165) is 29.7 Å². The predicted octanol–water partition coefficient (Wildman–Crippen LogP) is 3.25. The molecule has 0 saturated carbocycles. The molecule has 1 saturated heterocycles. The van der Waals surface area contributed by atoms with Crippen LogP contribution >= 0.6 is 0 Å². The summed E-state index contributed by atoms with van der Waals surface area (Å²) < 4.78 is 5.76. The molecule has 1 aromatic carbocycles. The summed E-state index contributed by atoms with van der Waals surface area (Å²) in [4.78, 5) is 13.7. The molecule has 3 heteroatoms. The quantitative estimate of drug-likeness (QED) is 0.773. The van der Waals surface area contributed by atoms with Gasteiger partial charge in [-0.3, -0.25) is 9.69 Å². The summed E-state index contributed by atoms with van der Waals surface area (Å²) in [5.74, 6) is 2.50. The van der Waals surface area contributed by atoms with Crippen LogP contribution in [-0.4, -0.2) is 36.9 Å². The van der Waals surface area contributed by atoms with Gasteiger partial charge in [0.05, 0.1) is 0 Å². The van der Waals surface area contributed by atoms with Crippen LogP contribution in [0.3, 0.4) is 0 Å². The normalized spacial score (nSPS) is 23.6. The number of ether oxygens (including phenoxy) is 1. The van der Waals surface area contributed by atoms with Gasteiger partial charge >= 0.3 is 0 Å². The number of likely N-dealkylation sites (tertiary alicyclic amines) is 1. The monoisotopic (exact) mass is 275 g/mol. The number of Topliss-reactive ketones (excluding diaryl/α,β-unsaturated/α-hetero) is 1. The molecule has 0 N–H and O–H groups in total. The number of hydrogen-bond acceptors (Lipinski definition) is 3. The molecule has 0 bridgehead atoms. The Morgan fingerprint density at radius 2 is 1.80 bits per heavy atom. The highest BCUT2D eigenvalue weighted by Gasteiger charge is 2.21. The lowest BCUT2D eigenvalue weighted by atomic mass is 9.92. The van der Waals surface area contributed by atoms with Crippen molar-refractivity contribution in [1.82, 2.24) is 4.90 Å². The van der Waals surface area contributed by atoms with Crippen LogP contribution in [-0.2, 0) is 0 Å². The number of nitrogens with zero attached hydrogens (tertiary/aromatic N) is 1. The average Bonchev–Trinajstić information content (AvgIpc) is 2.38. The molecule has 2 rings (SSSR count). The zero-order chi connectivity index (χ0) is 14.5. The van der Waals surface area contributed by atoms with E-state index >= 15 is 0 Å². The number of rotatable bonds is 5. The molecule has 1 fully saturated rings. The van der Waals surface area contributed by atoms with Crippen LogP contribution in [0.2, 0.25) is 0 Å². The lowest BCUT2D eigenvalue weighted by Crippen LogP contribution is -2.40. The molecule has 0 spiro atoms. The largest absolute Gasteiger partial charge is 0.492 e. The molecule has 0 unspecified atom stereocenters. The Bertz CT molecular complexity index is 431. The van der Waals surface area contributed by atoms with Gasteiger partial charge in [-0.05, 0) is 49.4 Å². The molecule has 0 aliphatic carbocycles. The molecule has 0 amide bonds. The van der Waals surface area contributed by atoms with Crippen LogP contribution in [0.4, 0.5) is 0 Å². The van der Waals surface area contributed by atoms with Crippen LogP contribution in [0.15, 0.2) is 24.3 Å². The number of carbonyl (C=O) groups excluding carboxylic acids is 1. The van der Waals surface area contributed by atoms with E-state index < -0.39 is 0 Å². The number of benzene rings is 1. The third kappa shape index (κ3) is 4.34. The SMILES string of the molecule is CC(=O)c1ccc(OCCN2C[C@H](C)C[C@H](C)C2)cc1. The molecule has 3 nitrogen and oxygen atoms in total.